The number of aliphatic hydroxyl groups is 1. The highest BCUT2D eigenvalue weighted by molar-refractivity contribution is 8.07. The van der Waals surface area contributed by atoms with Gasteiger partial charge in [-0.1, -0.05) is 6.92 Å². The SMILES string of the molecule is CC1SCCSC1C(O)Cc1ccncc1. The van der Waals surface area contributed by atoms with Gasteiger partial charge in [-0.05, 0) is 24.1 Å². The Morgan fingerprint density at radius 1 is 1.38 bits per heavy atom. The van der Waals surface area contributed by atoms with Gasteiger partial charge in [0.05, 0.1) is 6.10 Å². The van der Waals surface area contributed by atoms with Gasteiger partial charge < -0.3 is 5.11 Å². The number of aromatic nitrogens is 1. The van der Waals surface area contributed by atoms with Gasteiger partial charge in [0.25, 0.3) is 0 Å². The zero-order valence-corrected chi connectivity index (χ0v) is 11.0. The molecular weight excluding hydrogens is 238 g/mol. The third-order valence-corrected chi connectivity index (χ3v) is 6.05. The van der Waals surface area contributed by atoms with Crippen LogP contribution < -0.4 is 0 Å². The van der Waals surface area contributed by atoms with E-state index in [4.69, 9.17) is 0 Å². The molecule has 1 aromatic rings. The van der Waals surface area contributed by atoms with E-state index in [9.17, 15) is 5.11 Å². The molecule has 1 aliphatic heterocycles. The molecule has 0 aliphatic carbocycles. The Balaban J connectivity index is 1.94. The Morgan fingerprint density at radius 3 is 2.75 bits per heavy atom. The monoisotopic (exact) mass is 255 g/mol. The van der Waals surface area contributed by atoms with Crippen molar-refractivity contribution >= 4 is 23.5 Å². The van der Waals surface area contributed by atoms with Gasteiger partial charge in [0.2, 0.25) is 0 Å². The van der Waals surface area contributed by atoms with Crippen molar-refractivity contribution < 1.29 is 5.11 Å². The number of hydrogen-bond donors (Lipinski definition) is 1. The fraction of sp³-hybridized carbons (Fsp3) is 0.583. The van der Waals surface area contributed by atoms with E-state index in [0.717, 1.165) is 12.2 Å². The van der Waals surface area contributed by atoms with Crippen LogP contribution in [0.2, 0.25) is 0 Å². The van der Waals surface area contributed by atoms with Crippen molar-refractivity contribution in [1.82, 2.24) is 4.98 Å². The lowest BCUT2D eigenvalue weighted by atomic mass is 10.1. The Labute approximate surface area is 105 Å². The lowest BCUT2D eigenvalue weighted by molar-refractivity contribution is 0.171. The minimum atomic E-state index is -0.241. The minimum Gasteiger partial charge on any atom is -0.392 e. The average Bonchev–Trinajstić information content (AvgIpc) is 2.31. The van der Waals surface area contributed by atoms with E-state index in [2.05, 4.69) is 11.9 Å². The van der Waals surface area contributed by atoms with Crippen LogP contribution in [0.25, 0.3) is 0 Å². The molecule has 1 aromatic heterocycles. The Morgan fingerprint density at radius 2 is 2.06 bits per heavy atom. The molecule has 1 N–H and O–H groups in total. The maximum atomic E-state index is 10.2. The molecule has 3 atom stereocenters. The molecule has 0 amide bonds. The summed E-state index contributed by atoms with van der Waals surface area (Å²) in [5.41, 5.74) is 1.17. The summed E-state index contributed by atoms with van der Waals surface area (Å²) in [6.45, 7) is 2.22. The van der Waals surface area contributed by atoms with E-state index in [-0.39, 0.29) is 6.10 Å². The fourth-order valence-electron chi connectivity index (χ4n) is 1.95. The highest BCUT2D eigenvalue weighted by atomic mass is 32.2. The van der Waals surface area contributed by atoms with E-state index in [0.29, 0.717) is 10.5 Å². The van der Waals surface area contributed by atoms with Gasteiger partial charge in [0.1, 0.15) is 0 Å². The van der Waals surface area contributed by atoms with E-state index >= 15 is 0 Å². The van der Waals surface area contributed by atoms with Gasteiger partial charge in [-0.25, -0.2) is 0 Å². The Kier molecular flexibility index (Phi) is 4.55. The van der Waals surface area contributed by atoms with Crippen LogP contribution in [-0.2, 0) is 6.42 Å². The Hall–Kier alpha value is -0.190. The van der Waals surface area contributed by atoms with Crippen molar-refractivity contribution in [2.75, 3.05) is 11.5 Å². The fourth-order valence-corrected chi connectivity index (χ4v) is 4.79. The third-order valence-electron chi connectivity index (χ3n) is 2.81. The molecule has 1 fully saturated rings. The summed E-state index contributed by atoms with van der Waals surface area (Å²) in [7, 11) is 0. The summed E-state index contributed by atoms with van der Waals surface area (Å²) in [4.78, 5) is 3.99. The summed E-state index contributed by atoms with van der Waals surface area (Å²) < 4.78 is 0. The molecule has 0 spiro atoms. The molecule has 0 bridgehead atoms. The van der Waals surface area contributed by atoms with Crippen molar-refractivity contribution in [2.24, 2.45) is 0 Å². The first-order chi connectivity index (χ1) is 7.77. The number of nitrogens with zero attached hydrogens (tertiary/aromatic N) is 1. The summed E-state index contributed by atoms with van der Waals surface area (Å²) in [6.07, 6.45) is 4.07. The average molecular weight is 255 g/mol. The molecule has 16 heavy (non-hydrogen) atoms. The zero-order valence-electron chi connectivity index (χ0n) is 9.37. The molecule has 2 nitrogen and oxygen atoms in total. The maximum absolute atomic E-state index is 10.2. The molecule has 2 rings (SSSR count). The normalized spacial score (nSPS) is 27.6. The van der Waals surface area contributed by atoms with Crippen molar-refractivity contribution in [3.63, 3.8) is 0 Å². The predicted molar refractivity (Wildman–Crippen MR) is 72.1 cm³/mol. The topological polar surface area (TPSA) is 33.1 Å². The quantitative estimate of drug-likeness (QED) is 0.898. The van der Waals surface area contributed by atoms with Crippen LogP contribution in [0, 0.1) is 0 Å². The first kappa shape index (κ1) is 12.3. The van der Waals surface area contributed by atoms with E-state index in [1.807, 2.05) is 35.7 Å². The second kappa shape index (κ2) is 5.94. The van der Waals surface area contributed by atoms with Crippen LogP contribution in [0.15, 0.2) is 24.5 Å². The summed E-state index contributed by atoms with van der Waals surface area (Å²) >= 11 is 3.88. The molecule has 0 radical (unpaired) electrons. The zero-order chi connectivity index (χ0) is 11.4. The highest BCUT2D eigenvalue weighted by Gasteiger charge is 2.28. The van der Waals surface area contributed by atoms with Crippen molar-refractivity contribution in [3.8, 4) is 0 Å². The van der Waals surface area contributed by atoms with Gasteiger partial charge in [-0.2, -0.15) is 23.5 Å². The standard InChI is InChI=1S/C12H17NOS2/c1-9-12(16-7-6-15-9)11(14)8-10-2-4-13-5-3-10/h2-5,9,11-12,14H,6-8H2,1H3. The molecular formula is C12H17NOS2. The van der Waals surface area contributed by atoms with E-state index < -0.39 is 0 Å². The number of aliphatic hydroxyl groups excluding tert-OH is 1. The van der Waals surface area contributed by atoms with Gasteiger partial charge >= 0.3 is 0 Å². The summed E-state index contributed by atoms with van der Waals surface area (Å²) in [5, 5.41) is 11.2. The second-order valence-electron chi connectivity index (χ2n) is 4.04. The van der Waals surface area contributed by atoms with Gasteiger partial charge in [-0.3, -0.25) is 4.98 Å². The molecule has 1 aliphatic rings. The summed E-state index contributed by atoms with van der Waals surface area (Å²) in [5.74, 6) is 2.37. The lowest BCUT2D eigenvalue weighted by Gasteiger charge is -2.31. The molecule has 2 heterocycles. The third kappa shape index (κ3) is 3.15. The molecule has 4 heteroatoms. The minimum absolute atomic E-state index is 0.241. The predicted octanol–water partition coefficient (Wildman–Crippen LogP) is 2.22. The number of pyridine rings is 1. The highest BCUT2D eigenvalue weighted by Crippen LogP contribution is 2.33. The molecule has 3 unspecified atom stereocenters. The summed E-state index contributed by atoms with van der Waals surface area (Å²) in [6, 6.07) is 3.96. The van der Waals surface area contributed by atoms with Gasteiger partial charge in [0.15, 0.2) is 0 Å². The van der Waals surface area contributed by atoms with Crippen LogP contribution in [0.3, 0.4) is 0 Å². The lowest BCUT2D eigenvalue weighted by Crippen LogP contribution is -2.36. The molecule has 1 saturated heterocycles. The van der Waals surface area contributed by atoms with E-state index in [1.165, 1.54) is 11.3 Å². The smallest absolute Gasteiger partial charge is 0.0709 e. The largest absolute Gasteiger partial charge is 0.392 e. The number of hydrogen-bond acceptors (Lipinski definition) is 4. The van der Waals surface area contributed by atoms with Crippen LogP contribution in [0.5, 0.6) is 0 Å². The van der Waals surface area contributed by atoms with Crippen LogP contribution in [0.4, 0.5) is 0 Å². The van der Waals surface area contributed by atoms with Gasteiger partial charge in [0, 0.05) is 34.4 Å². The number of thioether (sulfide) groups is 2. The van der Waals surface area contributed by atoms with Crippen LogP contribution in [0.1, 0.15) is 12.5 Å². The number of rotatable bonds is 3. The molecule has 0 aromatic carbocycles. The van der Waals surface area contributed by atoms with Crippen molar-refractivity contribution in [2.45, 2.75) is 29.9 Å². The first-order valence-corrected chi connectivity index (χ1v) is 7.67. The van der Waals surface area contributed by atoms with Crippen molar-refractivity contribution in [3.05, 3.63) is 30.1 Å². The van der Waals surface area contributed by atoms with Crippen LogP contribution >= 0.6 is 23.5 Å². The maximum Gasteiger partial charge on any atom is 0.0709 e. The van der Waals surface area contributed by atoms with E-state index in [1.54, 1.807) is 12.4 Å². The van der Waals surface area contributed by atoms with Crippen LogP contribution in [-0.4, -0.2) is 38.2 Å². The Bertz CT molecular complexity index is 320. The molecule has 0 saturated carbocycles. The molecule has 88 valence electrons. The first-order valence-electron chi connectivity index (χ1n) is 5.57. The second-order valence-corrected chi connectivity index (χ2v) is 6.81. The van der Waals surface area contributed by atoms with Gasteiger partial charge in [-0.15, -0.1) is 0 Å². The van der Waals surface area contributed by atoms with Crippen molar-refractivity contribution in [1.29, 1.82) is 0 Å².